The molecule has 2 bridgehead atoms. The molecule has 6 atom stereocenters. The lowest BCUT2D eigenvalue weighted by molar-refractivity contribution is -0.155. The van der Waals surface area contributed by atoms with Crippen molar-refractivity contribution in [1.29, 1.82) is 0 Å². The van der Waals surface area contributed by atoms with Crippen LogP contribution in [-0.2, 0) is 30.3 Å². The van der Waals surface area contributed by atoms with Crippen LogP contribution in [0.15, 0.2) is 35.7 Å². The van der Waals surface area contributed by atoms with Crippen molar-refractivity contribution in [3.63, 3.8) is 0 Å². The van der Waals surface area contributed by atoms with Gasteiger partial charge < -0.3 is 25.4 Å². The van der Waals surface area contributed by atoms with Crippen molar-refractivity contribution in [3.8, 4) is 0 Å². The maximum atomic E-state index is 14.3. The van der Waals surface area contributed by atoms with E-state index in [4.69, 9.17) is 4.74 Å². The molecule has 1 aromatic heterocycles. The van der Waals surface area contributed by atoms with Crippen molar-refractivity contribution < 1.29 is 33.8 Å². The first-order valence-electron chi connectivity index (χ1n) is 18.5. The third-order valence-electron chi connectivity index (χ3n) is 11.2. The molecule has 3 fully saturated rings. The van der Waals surface area contributed by atoms with Gasteiger partial charge in [0.2, 0.25) is 11.8 Å². The SMILES string of the molecule is CCC(C)C(NC(=O)C12CC(CCN1C)C2)C(=O)N(C)C(CC(OC(C)=O)c1nc(C(=O)NC(Cc2ccccc2)CC(C)C(=O)O)cs1)C(C)C. The topological polar surface area (TPSA) is 158 Å². The molecule has 3 N–H and O–H groups in total. The highest BCUT2D eigenvalue weighted by atomic mass is 32.1. The third-order valence-corrected chi connectivity index (χ3v) is 12.1. The Bertz CT molecular complexity index is 1560. The normalized spacial score (nSPS) is 21.8. The van der Waals surface area contributed by atoms with Crippen LogP contribution in [0.2, 0.25) is 0 Å². The van der Waals surface area contributed by atoms with Crippen LogP contribution in [0.1, 0.15) is 107 Å². The number of likely N-dealkylation sites (N-methyl/N-ethyl adjacent to an activating group) is 2. The number of carboxylic acids is 1. The Labute approximate surface area is 312 Å². The van der Waals surface area contributed by atoms with Crippen LogP contribution in [0.25, 0.3) is 0 Å². The smallest absolute Gasteiger partial charge is 0.306 e. The first kappa shape index (κ1) is 40.9. The number of carbonyl (C=O) groups excluding carboxylic acids is 4. The molecule has 0 radical (unpaired) electrons. The number of amides is 3. The fourth-order valence-corrected chi connectivity index (χ4v) is 8.46. The van der Waals surface area contributed by atoms with Crippen LogP contribution in [0, 0.1) is 23.7 Å². The molecule has 1 saturated carbocycles. The number of aromatic nitrogens is 1. The molecular weight excluding hydrogens is 683 g/mol. The summed E-state index contributed by atoms with van der Waals surface area (Å²) in [6, 6.07) is 7.97. The molecule has 1 aromatic carbocycles. The Morgan fingerprint density at radius 3 is 2.33 bits per heavy atom. The Morgan fingerprint density at radius 2 is 1.75 bits per heavy atom. The maximum absolute atomic E-state index is 14.3. The van der Waals surface area contributed by atoms with E-state index in [-0.39, 0.29) is 42.2 Å². The van der Waals surface area contributed by atoms with Gasteiger partial charge in [-0.3, -0.25) is 28.9 Å². The number of benzene rings is 1. The number of aliphatic carboxylic acids is 1. The zero-order valence-corrected chi connectivity index (χ0v) is 32.7. The molecule has 2 saturated heterocycles. The van der Waals surface area contributed by atoms with Gasteiger partial charge in [-0.25, -0.2) is 4.98 Å². The summed E-state index contributed by atoms with van der Waals surface area (Å²) in [7, 11) is 3.72. The number of nitrogens with one attached hydrogen (secondary N) is 2. The summed E-state index contributed by atoms with van der Waals surface area (Å²) in [4.78, 5) is 73.9. The average molecular weight is 740 g/mol. The van der Waals surface area contributed by atoms with Gasteiger partial charge in [-0.15, -0.1) is 11.3 Å². The number of esters is 1. The fourth-order valence-electron chi connectivity index (χ4n) is 7.62. The van der Waals surface area contributed by atoms with Gasteiger partial charge in [0.15, 0.2) is 6.10 Å². The van der Waals surface area contributed by atoms with E-state index in [1.165, 1.54) is 18.3 Å². The number of carboxylic acid groups (broad SMARTS) is 1. The van der Waals surface area contributed by atoms with Crippen LogP contribution in [0.4, 0.5) is 0 Å². The Balaban J connectivity index is 1.51. The van der Waals surface area contributed by atoms with E-state index in [1.54, 1.807) is 24.3 Å². The molecule has 6 unspecified atom stereocenters. The lowest BCUT2D eigenvalue weighted by atomic mass is 9.62. The standard InChI is InChI=1S/C39H57N5O7S/c1-9-24(4)33(42-38(50)39-20-28(21-39)15-16-43(39)7)36(47)44(8)31(23(2)3)19-32(51-26(6)45)35-41-30(22-52-35)34(46)40-29(17-25(5)37(48)49)18-27-13-11-10-12-14-27/h10-14,22-25,28-29,31-33H,9,15-21H2,1-8H3,(H,40,46)(H,42,50)(H,48,49). The van der Waals surface area contributed by atoms with Crippen molar-refractivity contribution in [1.82, 2.24) is 25.4 Å². The number of thiazole rings is 1. The summed E-state index contributed by atoms with van der Waals surface area (Å²) in [5, 5.41) is 17.7. The van der Waals surface area contributed by atoms with Gasteiger partial charge >= 0.3 is 11.9 Å². The van der Waals surface area contributed by atoms with Gasteiger partial charge in [-0.1, -0.05) is 71.4 Å². The molecule has 52 heavy (non-hydrogen) atoms. The van der Waals surface area contributed by atoms with Gasteiger partial charge in [-0.05, 0) is 69.0 Å². The van der Waals surface area contributed by atoms with Crippen LogP contribution in [0.5, 0.6) is 0 Å². The van der Waals surface area contributed by atoms with E-state index in [9.17, 15) is 29.1 Å². The summed E-state index contributed by atoms with van der Waals surface area (Å²) in [5.41, 5.74) is 0.537. The van der Waals surface area contributed by atoms with E-state index in [2.05, 4.69) is 20.5 Å². The minimum atomic E-state index is -0.943. The minimum Gasteiger partial charge on any atom is -0.481 e. The largest absolute Gasteiger partial charge is 0.481 e. The van der Waals surface area contributed by atoms with Gasteiger partial charge in [0, 0.05) is 37.9 Å². The Morgan fingerprint density at radius 1 is 1.08 bits per heavy atom. The van der Waals surface area contributed by atoms with Crippen LogP contribution in [0.3, 0.4) is 0 Å². The Kier molecular flexibility index (Phi) is 14.0. The second kappa shape index (κ2) is 17.8. The van der Waals surface area contributed by atoms with Crippen molar-refractivity contribution >= 4 is 41.0 Å². The predicted octanol–water partition coefficient (Wildman–Crippen LogP) is 5.09. The number of ether oxygens (including phenoxy) is 1. The number of hydrogen-bond donors (Lipinski definition) is 3. The quantitative estimate of drug-likeness (QED) is 0.177. The second-order valence-corrected chi connectivity index (χ2v) is 16.2. The number of nitrogens with zero attached hydrogens (tertiary/aromatic N) is 3. The molecule has 3 heterocycles. The van der Waals surface area contributed by atoms with Gasteiger partial charge in [0.25, 0.3) is 5.91 Å². The zero-order chi connectivity index (χ0) is 38.3. The number of piperidine rings is 2. The van der Waals surface area contributed by atoms with E-state index in [0.29, 0.717) is 23.8 Å². The van der Waals surface area contributed by atoms with E-state index < -0.39 is 53.5 Å². The van der Waals surface area contributed by atoms with Crippen LogP contribution >= 0.6 is 11.3 Å². The minimum absolute atomic E-state index is 0.0477. The zero-order valence-electron chi connectivity index (χ0n) is 31.9. The lowest BCUT2D eigenvalue weighted by Crippen LogP contribution is -2.70. The maximum Gasteiger partial charge on any atom is 0.306 e. The van der Waals surface area contributed by atoms with Gasteiger partial charge in [0.05, 0.1) is 5.92 Å². The molecule has 286 valence electrons. The predicted molar refractivity (Wildman–Crippen MR) is 200 cm³/mol. The molecule has 0 spiro atoms. The van der Waals surface area contributed by atoms with Crippen molar-refractivity contribution in [2.24, 2.45) is 23.7 Å². The van der Waals surface area contributed by atoms with Crippen molar-refractivity contribution in [3.05, 3.63) is 52.0 Å². The number of carbonyl (C=O) groups is 5. The number of hydrogen-bond acceptors (Lipinski definition) is 9. The highest BCUT2D eigenvalue weighted by Crippen LogP contribution is 2.48. The van der Waals surface area contributed by atoms with Gasteiger partial charge in [-0.2, -0.15) is 0 Å². The van der Waals surface area contributed by atoms with Crippen LogP contribution in [-0.4, -0.2) is 93.9 Å². The molecule has 3 amide bonds. The molecule has 5 rings (SSSR count). The Hall–Kier alpha value is -3.84. The monoisotopic (exact) mass is 739 g/mol. The molecule has 1 aliphatic carbocycles. The first-order valence-corrected chi connectivity index (χ1v) is 19.4. The first-order chi connectivity index (χ1) is 24.6. The third kappa shape index (κ3) is 9.77. The number of rotatable bonds is 18. The van der Waals surface area contributed by atoms with E-state index in [1.807, 2.05) is 65.1 Å². The molecule has 13 heteroatoms. The molecule has 2 aliphatic heterocycles. The number of fused-ring (bicyclic) bond motifs is 2. The summed E-state index contributed by atoms with van der Waals surface area (Å²) in [6.07, 6.45) is 3.49. The molecule has 2 aromatic rings. The molecule has 3 aliphatic rings. The summed E-state index contributed by atoms with van der Waals surface area (Å²) in [5.74, 6) is -2.48. The van der Waals surface area contributed by atoms with Crippen molar-refractivity contribution in [2.45, 2.75) is 116 Å². The molecular formula is C39H57N5O7S. The van der Waals surface area contributed by atoms with E-state index >= 15 is 0 Å². The summed E-state index contributed by atoms with van der Waals surface area (Å²) < 4.78 is 5.78. The summed E-state index contributed by atoms with van der Waals surface area (Å²) in [6.45, 7) is 11.8. The highest BCUT2D eigenvalue weighted by Gasteiger charge is 2.56. The summed E-state index contributed by atoms with van der Waals surface area (Å²) >= 11 is 1.19. The fraction of sp³-hybridized carbons (Fsp3) is 0.641. The van der Waals surface area contributed by atoms with Crippen molar-refractivity contribution in [2.75, 3.05) is 20.6 Å². The highest BCUT2D eigenvalue weighted by molar-refractivity contribution is 7.09. The van der Waals surface area contributed by atoms with Crippen LogP contribution < -0.4 is 10.6 Å². The van der Waals surface area contributed by atoms with E-state index in [0.717, 1.165) is 31.4 Å². The van der Waals surface area contributed by atoms with Gasteiger partial charge in [0.1, 0.15) is 22.3 Å². The average Bonchev–Trinajstić information content (AvgIpc) is 3.58. The lowest BCUT2D eigenvalue weighted by Gasteiger charge is -2.57. The molecule has 12 nitrogen and oxygen atoms in total. The second-order valence-electron chi connectivity index (χ2n) is 15.4.